The Morgan fingerprint density at radius 2 is 1.86 bits per heavy atom. The zero-order valence-electron chi connectivity index (χ0n) is 11.6. The van der Waals surface area contributed by atoms with E-state index in [0.29, 0.717) is 13.1 Å². The van der Waals surface area contributed by atoms with Gasteiger partial charge in [-0.15, -0.1) is 12.4 Å². The number of hydrogen-bond acceptors (Lipinski definition) is 4. The molecular weight excluding hydrogens is 338 g/mol. The monoisotopic (exact) mass is 354 g/mol. The van der Waals surface area contributed by atoms with Crippen LogP contribution in [-0.2, 0) is 9.84 Å². The van der Waals surface area contributed by atoms with E-state index in [1.165, 1.54) is 12.1 Å². The number of rotatable bonds is 3. The third kappa shape index (κ3) is 3.93. The minimum Gasteiger partial charge on any atom is -0.337 e. The summed E-state index contributed by atoms with van der Waals surface area (Å²) in [5.74, 6) is -3.75. The van der Waals surface area contributed by atoms with Crippen molar-refractivity contribution >= 4 is 28.2 Å². The van der Waals surface area contributed by atoms with Gasteiger partial charge in [0.05, 0.1) is 4.90 Å². The maximum atomic E-state index is 12.4. The molecule has 124 valence electrons. The summed E-state index contributed by atoms with van der Waals surface area (Å²) in [5.41, 5.74) is 6.06. The molecule has 0 radical (unpaired) electrons. The Morgan fingerprint density at radius 3 is 2.36 bits per heavy atom. The molecule has 22 heavy (non-hydrogen) atoms. The first kappa shape index (κ1) is 18.8. The van der Waals surface area contributed by atoms with E-state index in [1.807, 2.05) is 0 Å². The highest BCUT2D eigenvalue weighted by atomic mass is 35.5. The van der Waals surface area contributed by atoms with Gasteiger partial charge in [-0.2, -0.15) is 8.78 Å². The minimum absolute atomic E-state index is 0. The van der Waals surface area contributed by atoms with E-state index >= 15 is 0 Å². The number of hydrogen-bond donors (Lipinski definition) is 1. The number of carbonyl (C=O) groups excluding carboxylic acids is 1. The maximum absolute atomic E-state index is 12.4. The summed E-state index contributed by atoms with van der Waals surface area (Å²) in [6.45, 7) is 1.03. The molecule has 1 unspecified atom stereocenters. The first-order valence-electron chi connectivity index (χ1n) is 6.49. The minimum atomic E-state index is -4.63. The van der Waals surface area contributed by atoms with Crippen LogP contribution in [0.15, 0.2) is 29.2 Å². The highest BCUT2D eigenvalue weighted by Gasteiger charge is 2.27. The third-order valence-electron chi connectivity index (χ3n) is 3.41. The molecule has 0 saturated carbocycles. The summed E-state index contributed by atoms with van der Waals surface area (Å²) in [4.78, 5) is 13.3. The first-order chi connectivity index (χ1) is 9.82. The maximum Gasteiger partial charge on any atom is 0.341 e. The largest absolute Gasteiger partial charge is 0.341 e. The fourth-order valence-corrected chi connectivity index (χ4v) is 2.99. The van der Waals surface area contributed by atoms with Crippen LogP contribution in [0.1, 0.15) is 23.2 Å². The third-order valence-corrected chi connectivity index (χ3v) is 4.81. The molecule has 5 nitrogen and oxygen atoms in total. The predicted molar refractivity (Wildman–Crippen MR) is 80.0 cm³/mol. The van der Waals surface area contributed by atoms with Gasteiger partial charge in [-0.05, 0) is 37.1 Å². The van der Waals surface area contributed by atoms with Gasteiger partial charge in [0.2, 0.25) is 9.84 Å². The Labute approximate surface area is 133 Å². The van der Waals surface area contributed by atoms with Crippen molar-refractivity contribution in [1.29, 1.82) is 0 Å². The average molecular weight is 355 g/mol. The summed E-state index contributed by atoms with van der Waals surface area (Å²) in [6, 6.07) is 4.48. The van der Waals surface area contributed by atoms with Crippen molar-refractivity contribution in [2.24, 2.45) is 5.73 Å². The molecule has 0 bridgehead atoms. The van der Waals surface area contributed by atoms with Crippen molar-refractivity contribution in [3.8, 4) is 0 Å². The molecule has 0 aromatic heterocycles. The number of likely N-dealkylation sites (tertiary alicyclic amines) is 1. The van der Waals surface area contributed by atoms with E-state index in [0.717, 1.165) is 25.0 Å². The van der Waals surface area contributed by atoms with E-state index < -0.39 is 20.5 Å². The second-order valence-corrected chi connectivity index (χ2v) is 6.90. The number of amides is 1. The zero-order chi connectivity index (χ0) is 15.6. The van der Waals surface area contributed by atoms with Gasteiger partial charge >= 0.3 is 5.76 Å². The smallest absolute Gasteiger partial charge is 0.337 e. The molecule has 1 aliphatic heterocycles. The molecule has 1 aromatic carbocycles. The topological polar surface area (TPSA) is 80.5 Å². The average Bonchev–Trinajstić information content (AvgIpc) is 2.46. The van der Waals surface area contributed by atoms with Crippen molar-refractivity contribution < 1.29 is 22.0 Å². The van der Waals surface area contributed by atoms with E-state index in [1.54, 1.807) is 4.90 Å². The van der Waals surface area contributed by atoms with E-state index in [2.05, 4.69) is 0 Å². The summed E-state index contributed by atoms with van der Waals surface area (Å²) >= 11 is 0. The van der Waals surface area contributed by atoms with Crippen molar-refractivity contribution in [3.63, 3.8) is 0 Å². The molecule has 1 fully saturated rings. The van der Waals surface area contributed by atoms with Crippen LogP contribution < -0.4 is 5.73 Å². The standard InChI is InChI=1S/C13H16F2N2O3S.ClH/c14-13(15)21(19,20)11-5-3-9(4-6-11)12(18)17-7-1-2-10(16)8-17;/h3-6,10,13H,1-2,7-8,16H2;1H. The van der Waals surface area contributed by atoms with Gasteiger partial charge in [0, 0.05) is 24.7 Å². The number of nitrogens with zero attached hydrogens (tertiary/aromatic N) is 1. The van der Waals surface area contributed by atoms with Crippen LogP contribution in [0, 0.1) is 0 Å². The first-order valence-corrected chi connectivity index (χ1v) is 8.04. The van der Waals surface area contributed by atoms with E-state index in [-0.39, 0.29) is 29.9 Å². The van der Waals surface area contributed by atoms with Crippen molar-refractivity contribution in [1.82, 2.24) is 4.90 Å². The Kier molecular flexibility index (Phi) is 6.27. The van der Waals surface area contributed by atoms with Crippen LogP contribution in [0.2, 0.25) is 0 Å². The molecule has 1 heterocycles. The molecule has 0 aliphatic carbocycles. The lowest BCUT2D eigenvalue weighted by molar-refractivity contribution is 0.0708. The molecule has 1 saturated heterocycles. The molecule has 9 heteroatoms. The number of piperidine rings is 1. The summed E-state index contributed by atoms with van der Waals surface area (Å²) in [6.07, 6.45) is 1.67. The van der Waals surface area contributed by atoms with Crippen LogP contribution in [0.5, 0.6) is 0 Å². The number of halogens is 3. The molecule has 1 amide bonds. The Bertz CT molecular complexity index is 623. The predicted octanol–water partition coefficient (Wildman–Crippen LogP) is 1.67. The second kappa shape index (κ2) is 7.34. The van der Waals surface area contributed by atoms with Crippen LogP contribution in [0.4, 0.5) is 8.78 Å². The Morgan fingerprint density at radius 1 is 1.27 bits per heavy atom. The lowest BCUT2D eigenvalue weighted by Gasteiger charge is -2.30. The molecule has 1 aliphatic rings. The van der Waals surface area contributed by atoms with E-state index in [9.17, 15) is 22.0 Å². The highest BCUT2D eigenvalue weighted by molar-refractivity contribution is 7.91. The van der Waals surface area contributed by atoms with Crippen LogP contribution in [-0.4, -0.2) is 44.1 Å². The quantitative estimate of drug-likeness (QED) is 0.895. The van der Waals surface area contributed by atoms with Gasteiger partial charge in [-0.25, -0.2) is 8.42 Å². The number of nitrogens with two attached hydrogens (primary N) is 1. The summed E-state index contributed by atoms with van der Waals surface area (Å²) < 4.78 is 47.4. The lowest BCUT2D eigenvalue weighted by atomic mass is 10.1. The van der Waals surface area contributed by atoms with Crippen molar-refractivity contribution in [2.45, 2.75) is 29.5 Å². The normalized spacial score (nSPS) is 18.9. The number of sulfone groups is 1. The fraction of sp³-hybridized carbons (Fsp3) is 0.462. The van der Waals surface area contributed by atoms with Crippen LogP contribution in [0.25, 0.3) is 0 Å². The molecule has 2 rings (SSSR count). The van der Waals surface area contributed by atoms with E-state index in [4.69, 9.17) is 5.73 Å². The lowest BCUT2D eigenvalue weighted by Crippen LogP contribution is -2.45. The number of carbonyl (C=O) groups is 1. The van der Waals surface area contributed by atoms with Crippen LogP contribution >= 0.6 is 12.4 Å². The molecule has 0 spiro atoms. The fourth-order valence-electron chi connectivity index (χ4n) is 2.27. The van der Waals surface area contributed by atoms with Gasteiger partial charge in [-0.1, -0.05) is 0 Å². The Balaban J connectivity index is 0.00000242. The SMILES string of the molecule is Cl.NC1CCCN(C(=O)c2ccc(S(=O)(=O)C(F)F)cc2)C1. The van der Waals surface area contributed by atoms with Crippen molar-refractivity contribution in [2.75, 3.05) is 13.1 Å². The zero-order valence-corrected chi connectivity index (χ0v) is 13.2. The highest BCUT2D eigenvalue weighted by Crippen LogP contribution is 2.20. The summed E-state index contributed by atoms with van der Waals surface area (Å²) in [7, 11) is -4.63. The van der Waals surface area contributed by atoms with Gasteiger partial charge in [0.15, 0.2) is 0 Å². The second-order valence-electron chi connectivity index (χ2n) is 4.98. The molecule has 1 aromatic rings. The van der Waals surface area contributed by atoms with Gasteiger partial charge in [0.25, 0.3) is 5.91 Å². The van der Waals surface area contributed by atoms with Crippen molar-refractivity contribution in [3.05, 3.63) is 29.8 Å². The van der Waals surface area contributed by atoms with Crippen LogP contribution in [0.3, 0.4) is 0 Å². The van der Waals surface area contributed by atoms with Gasteiger partial charge in [-0.3, -0.25) is 4.79 Å². The Hall–Kier alpha value is -1.25. The summed E-state index contributed by atoms with van der Waals surface area (Å²) in [5, 5.41) is 0. The molecule has 1 atom stereocenters. The molecule has 2 N–H and O–H groups in total. The number of benzene rings is 1. The van der Waals surface area contributed by atoms with Gasteiger partial charge < -0.3 is 10.6 Å². The van der Waals surface area contributed by atoms with Gasteiger partial charge in [0.1, 0.15) is 0 Å². The molecular formula is C13H17ClF2N2O3S. The number of alkyl halides is 2.